The lowest BCUT2D eigenvalue weighted by Crippen LogP contribution is -2.34. The van der Waals surface area contributed by atoms with E-state index in [2.05, 4.69) is 35.6 Å². The molecule has 23 heavy (non-hydrogen) atoms. The van der Waals surface area contributed by atoms with Gasteiger partial charge in [0.15, 0.2) is 0 Å². The van der Waals surface area contributed by atoms with Crippen LogP contribution in [0.5, 0.6) is 0 Å². The molecule has 1 aliphatic carbocycles. The molecule has 2 aromatic carbocycles. The fraction of sp³-hybridized carbons (Fsp3) is 0.316. The van der Waals surface area contributed by atoms with Gasteiger partial charge < -0.3 is 10.1 Å². The normalized spacial score (nSPS) is 19.6. The Kier molecular flexibility index (Phi) is 4.51. The van der Waals surface area contributed by atoms with Crippen LogP contribution in [0.1, 0.15) is 24.3 Å². The summed E-state index contributed by atoms with van der Waals surface area (Å²) in [5, 5.41) is 3.55. The van der Waals surface area contributed by atoms with Gasteiger partial charge in [0.05, 0.1) is 7.11 Å². The number of nitrogens with zero attached hydrogens (tertiary/aromatic N) is 1. The van der Waals surface area contributed by atoms with Crippen LogP contribution in [0.2, 0.25) is 0 Å². The second kappa shape index (κ2) is 6.73. The van der Waals surface area contributed by atoms with Crippen molar-refractivity contribution in [2.24, 2.45) is 0 Å². The second-order valence-electron chi connectivity index (χ2n) is 6.00. The lowest BCUT2D eigenvalue weighted by molar-refractivity contribution is 0.180. The van der Waals surface area contributed by atoms with Gasteiger partial charge in [-0.15, -0.1) is 0 Å². The van der Waals surface area contributed by atoms with Crippen LogP contribution in [0.3, 0.4) is 0 Å². The number of methoxy groups -OCH3 is 1. The molecule has 1 fully saturated rings. The standard InChI is InChI=1S/C19H22N2O2/c1-21(19(22)23-2)18-10-8-16(9-11-18)20-17-12-15(13-17)14-6-4-3-5-7-14/h3-11,15,17,20H,12-13H2,1-2H3. The third kappa shape index (κ3) is 3.47. The number of anilines is 2. The maximum Gasteiger partial charge on any atom is 0.413 e. The zero-order valence-corrected chi connectivity index (χ0v) is 13.5. The van der Waals surface area contributed by atoms with Crippen LogP contribution in [0.4, 0.5) is 16.2 Å². The number of carbonyl (C=O) groups is 1. The van der Waals surface area contributed by atoms with E-state index in [1.807, 2.05) is 24.3 Å². The van der Waals surface area contributed by atoms with Crippen molar-refractivity contribution in [3.63, 3.8) is 0 Å². The largest absolute Gasteiger partial charge is 0.452 e. The summed E-state index contributed by atoms with van der Waals surface area (Å²) in [7, 11) is 3.08. The zero-order valence-electron chi connectivity index (χ0n) is 13.5. The minimum Gasteiger partial charge on any atom is -0.452 e. The van der Waals surface area contributed by atoms with Crippen molar-refractivity contribution >= 4 is 17.5 Å². The van der Waals surface area contributed by atoms with E-state index in [-0.39, 0.29) is 6.09 Å². The first-order chi connectivity index (χ1) is 11.2. The molecule has 2 aromatic rings. The molecule has 0 unspecified atom stereocenters. The average Bonchev–Trinajstić information content (AvgIpc) is 2.57. The summed E-state index contributed by atoms with van der Waals surface area (Å²) in [5.74, 6) is 0.665. The number of ether oxygens (including phenoxy) is 1. The highest BCUT2D eigenvalue weighted by Gasteiger charge is 2.29. The van der Waals surface area contributed by atoms with E-state index in [9.17, 15) is 4.79 Å². The van der Waals surface area contributed by atoms with Gasteiger partial charge >= 0.3 is 6.09 Å². The van der Waals surface area contributed by atoms with Crippen molar-refractivity contribution in [1.82, 2.24) is 0 Å². The molecule has 4 heteroatoms. The van der Waals surface area contributed by atoms with Crippen molar-refractivity contribution in [2.75, 3.05) is 24.4 Å². The van der Waals surface area contributed by atoms with Gasteiger partial charge in [0, 0.05) is 24.5 Å². The minimum absolute atomic E-state index is 0.365. The quantitative estimate of drug-likeness (QED) is 0.918. The van der Waals surface area contributed by atoms with Crippen LogP contribution >= 0.6 is 0 Å². The Balaban J connectivity index is 1.53. The maximum atomic E-state index is 11.5. The summed E-state index contributed by atoms with van der Waals surface area (Å²) >= 11 is 0. The molecule has 3 rings (SSSR count). The lowest BCUT2D eigenvalue weighted by Gasteiger charge is -2.37. The van der Waals surface area contributed by atoms with Gasteiger partial charge in [0.2, 0.25) is 0 Å². The van der Waals surface area contributed by atoms with E-state index in [0.717, 1.165) is 24.2 Å². The first-order valence-corrected chi connectivity index (χ1v) is 7.90. The van der Waals surface area contributed by atoms with Gasteiger partial charge in [-0.1, -0.05) is 30.3 Å². The summed E-state index contributed by atoms with van der Waals surface area (Å²) in [4.78, 5) is 13.0. The number of nitrogens with one attached hydrogen (secondary N) is 1. The number of hydrogen-bond acceptors (Lipinski definition) is 3. The van der Waals surface area contributed by atoms with Gasteiger partial charge in [0.1, 0.15) is 0 Å². The molecule has 1 N–H and O–H groups in total. The van der Waals surface area contributed by atoms with Gasteiger partial charge in [-0.2, -0.15) is 0 Å². The molecule has 0 atom stereocenters. The molecular formula is C19H22N2O2. The number of rotatable bonds is 4. The Bertz CT molecular complexity index is 649. The van der Waals surface area contributed by atoms with Gasteiger partial charge in [-0.05, 0) is 48.6 Å². The SMILES string of the molecule is COC(=O)N(C)c1ccc(NC2CC(c3ccccc3)C2)cc1. The highest BCUT2D eigenvalue weighted by molar-refractivity contribution is 5.87. The topological polar surface area (TPSA) is 41.6 Å². The molecule has 0 heterocycles. The number of hydrogen-bond donors (Lipinski definition) is 1. The summed E-state index contributed by atoms with van der Waals surface area (Å²) in [6.45, 7) is 0. The fourth-order valence-corrected chi connectivity index (χ4v) is 2.99. The first kappa shape index (κ1) is 15.4. The number of benzene rings is 2. The molecule has 0 aromatic heterocycles. The maximum absolute atomic E-state index is 11.5. The highest BCUT2D eigenvalue weighted by Crippen LogP contribution is 2.38. The van der Waals surface area contributed by atoms with Crippen LogP contribution < -0.4 is 10.2 Å². The van der Waals surface area contributed by atoms with Crippen LogP contribution in [-0.4, -0.2) is 26.3 Å². The second-order valence-corrected chi connectivity index (χ2v) is 6.00. The number of carbonyl (C=O) groups excluding carboxylic acids is 1. The van der Waals surface area contributed by atoms with Crippen LogP contribution in [0, 0.1) is 0 Å². The first-order valence-electron chi connectivity index (χ1n) is 7.90. The van der Waals surface area contributed by atoms with E-state index in [1.165, 1.54) is 17.6 Å². The molecule has 1 saturated carbocycles. The molecule has 0 spiro atoms. The predicted octanol–water partition coefficient (Wildman–Crippen LogP) is 4.25. The highest BCUT2D eigenvalue weighted by atomic mass is 16.5. The smallest absolute Gasteiger partial charge is 0.413 e. The van der Waals surface area contributed by atoms with Crippen molar-refractivity contribution in [1.29, 1.82) is 0 Å². The molecule has 1 amide bonds. The Morgan fingerprint density at radius 3 is 2.35 bits per heavy atom. The molecule has 4 nitrogen and oxygen atoms in total. The Labute approximate surface area is 137 Å². The summed E-state index contributed by atoms with van der Waals surface area (Å²) < 4.78 is 4.71. The molecular weight excluding hydrogens is 288 g/mol. The molecule has 120 valence electrons. The number of amides is 1. The van der Waals surface area contributed by atoms with Gasteiger partial charge in [0.25, 0.3) is 0 Å². The summed E-state index contributed by atoms with van der Waals surface area (Å²) in [6.07, 6.45) is 1.96. The molecule has 0 radical (unpaired) electrons. The van der Waals surface area contributed by atoms with Crippen LogP contribution in [-0.2, 0) is 4.74 Å². The van der Waals surface area contributed by atoms with Gasteiger partial charge in [-0.25, -0.2) is 4.79 Å². The Morgan fingerprint density at radius 1 is 1.09 bits per heavy atom. The van der Waals surface area contributed by atoms with E-state index in [4.69, 9.17) is 4.74 Å². The van der Waals surface area contributed by atoms with E-state index < -0.39 is 0 Å². The van der Waals surface area contributed by atoms with Crippen LogP contribution in [0.25, 0.3) is 0 Å². The van der Waals surface area contributed by atoms with Crippen LogP contribution in [0.15, 0.2) is 54.6 Å². The molecule has 1 aliphatic rings. The zero-order chi connectivity index (χ0) is 16.2. The minimum atomic E-state index is -0.365. The predicted molar refractivity (Wildman–Crippen MR) is 93.1 cm³/mol. The average molecular weight is 310 g/mol. The van der Waals surface area contributed by atoms with Crippen molar-refractivity contribution < 1.29 is 9.53 Å². The Morgan fingerprint density at radius 2 is 1.74 bits per heavy atom. The molecule has 0 bridgehead atoms. The van der Waals surface area contributed by atoms with E-state index in [0.29, 0.717) is 12.0 Å². The third-order valence-corrected chi connectivity index (χ3v) is 4.48. The van der Waals surface area contributed by atoms with Crippen molar-refractivity contribution in [2.45, 2.75) is 24.8 Å². The van der Waals surface area contributed by atoms with Crippen molar-refractivity contribution in [3.05, 3.63) is 60.2 Å². The fourth-order valence-electron chi connectivity index (χ4n) is 2.99. The lowest BCUT2D eigenvalue weighted by atomic mass is 9.76. The Hall–Kier alpha value is -2.49. The van der Waals surface area contributed by atoms with Gasteiger partial charge in [-0.3, -0.25) is 4.90 Å². The monoisotopic (exact) mass is 310 g/mol. The van der Waals surface area contributed by atoms with Crippen molar-refractivity contribution in [3.8, 4) is 0 Å². The van der Waals surface area contributed by atoms with E-state index >= 15 is 0 Å². The molecule has 0 saturated heterocycles. The molecule has 0 aliphatic heterocycles. The summed E-state index contributed by atoms with van der Waals surface area (Å²) in [5.41, 5.74) is 3.34. The summed E-state index contributed by atoms with van der Waals surface area (Å²) in [6, 6.07) is 19.1. The third-order valence-electron chi connectivity index (χ3n) is 4.48. The van der Waals surface area contributed by atoms with E-state index in [1.54, 1.807) is 7.05 Å².